The van der Waals surface area contributed by atoms with Crippen LogP contribution in [0, 0.1) is 13.8 Å². The molecule has 0 bridgehead atoms. The normalized spacial score (nSPS) is 11.7. The second-order valence-corrected chi connectivity index (χ2v) is 8.77. The number of amides is 1. The molecule has 162 valence electrons. The van der Waals surface area contributed by atoms with Gasteiger partial charge in [0.25, 0.3) is 5.91 Å². The Kier molecular flexibility index (Phi) is 6.61. The van der Waals surface area contributed by atoms with Gasteiger partial charge in [0.2, 0.25) is 5.95 Å². The largest absolute Gasteiger partial charge is 0.343 e. The Morgan fingerprint density at radius 3 is 2.19 bits per heavy atom. The van der Waals surface area contributed by atoms with Crippen LogP contribution in [0.2, 0.25) is 0 Å². The van der Waals surface area contributed by atoms with E-state index in [1.54, 1.807) is 11.3 Å². The van der Waals surface area contributed by atoms with Gasteiger partial charge in [-0.2, -0.15) is 0 Å². The minimum Gasteiger partial charge on any atom is -0.343 e. The van der Waals surface area contributed by atoms with E-state index in [2.05, 4.69) is 45.7 Å². The Balaban J connectivity index is 1.75. The number of benzene rings is 2. The monoisotopic (exact) mass is 442 g/mol. The summed E-state index contributed by atoms with van der Waals surface area (Å²) in [5, 5.41) is 7.49. The molecule has 0 aliphatic heterocycles. The molecule has 4 rings (SSSR count). The fourth-order valence-electron chi connectivity index (χ4n) is 3.62. The summed E-state index contributed by atoms with van der Waals surface area (Å²) in [5.41, 5.74) is 4.52. The molecule has 0 aliphatic carbocycles. The van der Waals surface area contributed by atoms with Crippen LogP contribution in [0.25, 0.3) is 0 Å². The summed E-state index contributed by atoms with van der Waals surface area (Å²) in [4.78, 5) is 23.3. The van der Waals surface area contributed by atoms with Crippen molar-refractivity contribution in [1.82, 2.24) is 9.97 Å². The van der Waals surface area contributed by atoms with Crippen LogP contribution in [0.1, 0.15) is 50.7 Å². The zero-order valence-corrected chi connectivity index (χ0v) is 19.2. The molecule has 0 aliphatic rings. The zero-order chi connectivity index (χ0) is 22.5. The molecule has 32 heavy (non-hydrogen) atoms. The number of anilines is 2. The van der Waals surface area contributed by atoms with Gasteiger partial charge in [-0.15, -0.1) is 11.3 Å². The lowest BCUT2D eigenvalue weighted by molar-refractivity contribution is 0.102. The molecule has 0 spiro atoms. The summed E-state index contributed by atoms with van der Waals surface area (Å²) in [5.74, 6) is 0.451. The van der Waals surface area contributed by atoms with E-state index >= 15 is 0 Å². The number of carbonyl (C=O) groups is 1. The first-order valence-corrected chi connectivity index (χ1v) is 11.5. The molecule has 2 N–H and O–H groups in total. The van der Waals surface area contributed by atoms with Crippen molar-refractivity contribution in [3.05, 3.63) is 106 Å². The molecule has 0 fully saturated rings. The number of aryl methyl sites for hydroxylation is 3. The van der Waals surface area contributed by atoms with Crippen LogP contribution in [0.15, 0.2) is 72.8 Å². The molecule has 2 aromatic carbocycles. The molecule has 5 nitrogen and oxygen atoms in total. The fourth-order valence-corrected chi connectivity index (χ4v) is 4.65. The van der Waals surface area contributed by atoms with Gasteiger partial charge in [-0.25, -0.2) is 9.97 Å². The van der Waals surface area contributed by atoms with Crippen molar-refractivity contribution in [2.75, 3.05) is 10.6 Å². The van der Waals surface area contributed by atoms with Gasteiger partial charge in [0.05, 0.1) is 6.04 Å². The summed E-state index contributed by atoms with van der Waals surface area (Å²) in [6, 6.07) is 23.4. The van der Waals surface area contributed by atoms with Gasteiger partial charge in [0.15, 0.2) is 0 Å². The first-order chi connectivity index (χ1) is 15.5. The van der Waals surface area contributed by atoms with Gasteiger partial charge >= 0.3 is 0 Å². The Bertz CT molecular complexity index is 1180. The quantitative estimate of drug-likeness (QED) is 0.359. The minimum atomic E-state index is -0.208. The third-order valence-corrected chi connectivity index (χ3v) is 6.33. The lowest BCUT2D eigenvalue weighted by Gasteiger charge is -2.21. The molecular formula is C26H26N4OS. The van der Waals surface area contributed by atoms with Crippen molar-refractivity contribution in [2.45, 2.75) is 33.2 Å². The molecule has 1 atom stereocenters. The molecule has 1 amide bonds. The molecular weight excluding hydrogens is 416 g/mol. The van der Waals surface area contributed by atoms with Crippen molar-refractivity contribution in [1.29, 1.82) is 0 Å². The van der Waals surface area contributed by atoms with Gasteiger partial charge in [-0.05, 0) is 50.1 Å². The van der Waals surface area contributed by atoms with Gasteiger partial charge < -0.3 is 10.6 Å². The molecule has 0 unspecified atom stereocenters. The van der Waals surface area contributed by atoms with Crippen molar-refractivity contribution in [2.24, 2.45) is 0 Å². The third kappa shape index (κ3) is 5.03. The highest BCUT2D eigenvalue weighted by Crippen LogP contribution is 2.38. The van der Waals surface area contributed by atoms with Crippen LogP contribution in [0.5, 0.6) is 0 Å². The van der Waals surface area contributed by atoms with Crippen LogP contribution in [0.4, 0.5) is 10.9 Å². The highest BCUT2D eigenvalue weighted by atomic mass is 32.1. The van der Waals surface area contributed by atoms with Crippen molar-refractivity contribution < 1.29 is 4.79 Å². The third-order valence-electron chi connectivity index (χ3n) is 5.12. The van der Waals surface area contributed by atoms with E-state index in [1.165, 1.54) is 4.88 Å². The Morgan fingerprint density at radius 2 is 1.56 bits per heavy atom. The van der Waals surface area contributed by atoms with Gasteiger partial charge in [-0.3, -0.25) is 4.79 Å². The first-order valence-electron chi connectivity index (χ1n) is 10.7. The van der Waals surface area contributed by atoms with Crippen molar-refractivity contribution in [3.63, 3.8) is 0 Å². The molecule has 0 saturated heterocycles. The van der Waals surface area contributed by atoms with Crippen molar-refractivity contribution >= 4 is 28.2 Å². The Hall–Kier alpha value is -3.51. The van der Waals surface area contributed by atoms with Crippen molar-refractivity contribution in [3.8, 4) is 0 Å². The molecule has 0 radical (unpaired) electrons. The fraction of sp³-hybridized carbons (Fsp3) is 0.192. The first kappa shape index (κ1) is 21.7. The molecule has 2 heterocycles. The highest BCUT2D eigenvalue weighted by molar-refractivity contribution is 7.16. The molecule has 4 aromatic rings. The number of rotatable bonds is 7. The number of thiophene rings is 1. The highest BCUT2D eigenvalue weighted by Gasteiger charge is 2.23. The predicted molar refractivity (Wildman–Crippen MR) is 132 cm³/mol. The van der Waals surface area contributed by atoms with E-state index in [4.69, 9.17) is 0 Å². The van der Waals surface area contributed by atoms with Gasteiger partial charge in [0.1, 0.15) is 5.00 Å². The zero-order valence-electron chi connectivity index (χ0n) is 18.4. The summed E-state index contributed by atoms with van der Waals surface area (Å²) >= 11 is 1.61. The minimum absolute atomic E-state index is 0.120. The Morgan fingerprint density at radius 1 is 0.938 bits per heavy atom. The lowest BCUT2D eigenvalue weighted by Crippen LogP contribution is -2.18. The number of nitrogens with zero attached hydrogens (tertiary/aromatic N) is 2. The molecule has 6 heteroatoms. The summed E-state index contributed by atoms with van der Waals surface area (Å²) in [6.07, 6.45) is 0.889. The maximum absolute atomic E-state index is 12.9. The van der Waals surface area contributed by atoms with E-state index in [0.717, 1.165) is 33.9 Å². The molecule has 2 aromatic heterocycles. The number of aromatic nitrogens is 2. The van der Waals surface area contributed by atoms with Crippen LogP contribution in [0.3, 0.4) is 0 Å². The summed E-state index contributed by atoms with van der Waals surface area (Å²) in [7, 11) is 0. The van der Waals surface area contributed by atoms with E-state index in [9.17, 15) is 4.79 Å². The topological polar surface area (TPSA) is 66.9 Å². The number of hydrogen-bond acceptors (Lipinski definition) is 5. The van der Waals surface area contributed by atoms with Gasteiger partial charge in [-0.1, -0.05) is 55.5 Å². The average Bonchev–Trinajstić information content (AvgIpc) is 3.20. The van der Waals surface area contributed by atoms with E-state index in [1.807, 2.05) is 68.4 Å². The Labute approximate surface area is 192 Å². The smallest absolute Gasteiger partial charge is 0.256 e. The van der Waals surface area contributed by atoms with Crippen LogP contribution in [-0.4, -0.2) is 15.9 Å². The standard InChI is InChI=1S/C26H26N4OS/c1-4-21-16-22(25(32-21)30-24(31)20-13-9-6-10-14-20)23(19-11-7-5-8-12-19)29-26-27-17(2)15-18(3)28-26/h5-16,23H,4H2,1-3H3,(H,30,31)(H,27,28,29)/t23-/m0/s1. The van der Waals surface area contributed by atoms with Crippen LogP contribution >= 0.6 is 11.3 Å². The number of carbonyl (C=O) groups excluding carboxylic acids is 1. The van der Waals surface area contributed by atoms with Gasteiger partial charge in [0, 0.05) is 27.4 Å². The second kappa shape index (κ2) is 9.75. The number of nitrogens with one attached hydrogen (secondary N) is 2. The maximum atomic E-state index is 12.9. The average molecular weight is 443 g/mol. The summed E-state index contributed by atoms with van der Waals surface area (Å²) in [6.45, 7) is 6.04. The van der Waals surface area contributed by atoms with E-state index in [0.29, 0.717) is 11.5 Å². The van der Waals surface area contributed by atoms with E-state index in [-0.39, 0.29) is 11.9 Å². The molecule has 0 saturated carbocycles. The predicted octanol–water partition coefficient (Wildman–Crippen LogP) is 6.17. The lowest BCUT2D eigenvalue weighted by atomic mass is 10.00. The van der Waals surface area contributed by atoms with E-state index < -0.39 is 0 Å². The maximum Gasteiger partial charge on any atom is 0.256 e. The number of hydrogen-bond donors (Lipinski definition) is 2. The van der Waals surface area contributed by atoms with Crippen LogP contribution in [-0.2, 0) is 6.42 Å². The SMILES string of the molecule is CCc1cc([C@@H](Nc2nc(C)cc(C)n2)c2ccccc2)c(NC(=O)c2ccccc2)s1. The van der Waals surface area contributed by atoms with Crippen LogP contribution < -0.4 is 10.6 Å². The second-order valence-electron chi connectivity index (χ2n) is 7.63. The summed E-state index contributed by atoms with van der Waals surface area (Å²) < 4.78 is 0.